The molecule has 0 fully saturated rings. The van der Waals surface area contributed by atoms with Crippen LogP contribution < -0.4 is 10.9 Å². The molecule has 22 heavy (non-hydrogen) atoms. The molecule has 1 aromatic carbocycles. The molecule has 0 radical (unpaired) electrons. The number of aryl methyl sites for hydroxylation is 1. The highest BCUT2D eigenvalue weighted by molar-refractivity contribution is 7.98. The fraction of sp³-hybridized carbons (Fsp3) is 0.312. The van der Waals surface area contributed by atoms with Crippen LogP contribution in [0.1, 0.15) is 29.0 Å². The van der Waals surface area contributed by atoms with Gasteiger partial charge in [0.05, 0.1) is 5.56 Å². The van der Waals surface area contributed by atoms with E-state index in [-0.39, 0.29) is 23.8 Å². The van der Waals surface area contributed by atoms with Crippen LogP contribution in [0.3, 0.4) is 0 Å². The molecule has 1 aliphatic rings. The Bertz CT molecular complexity index is 814. The molecule has 2 aromatic rings. The first kappa shape index (κ1) is 14.8. The zero-order chi connectivity index (χ0) is 15.9. The number of carbonyl (C=O) groups excluding carboxylic acids is 1. The normalized spacial score (nSPS) is 17.0. The summed E-state index contributed by atoms with van der Waals surface area (Å²) in [5.41, 5.74) is 2.40. The summed E-state index contributed by atoms with van der Waals surface area (Å²) in [6.07, 6.45) is 2.13. The number of benzene rings is 1. The highest BCUT2D eigenvalue weighted by Crippen LogP contribution is 2.35. The number of thioether (sulfide) groups is 1. The molecule has 2 heterocycles. The van der Waals surface area contributed by atoms with E-state index in [2.05, 4.69) is 10.3 Å². The number of nitrogens with zero attached hydrogens (tertiary/aromatic N) is 2. The van der Waals surface area contributed by atoms with E-state index in [0.717, 1.165) is 11.1 Å². The molecule has 114 valence electrons. The Labute approximate surface area is 132 Å². The standard InChI is InChI=1S/C16H17N3O2S/c1-9-5-4-6-10(7-9)11-8-12(20)17-14-13(11)15(21)18-16(22-3)19(14)2/h4-7,11H,8H2,1-3H3,(H,17,20). The van der Waals surface area contributed by atoms with E-state index in [0.29, 0.717) is 16.5 Å². The van der Waals surface area contributed by atoms with E-state index in [9.17, 15) is 9.59 Å². The molecular weight excluding hydrogens is 298 g/mol. The van der Waals surface area contributed by atoms with Crippen LogP contribution in [0, 0.1) is 6.92 Å². The van der Waals surface area contributed by atoms with Crippen molar-refractivity contribution < 1.29 is 4.79 Å². The lowest BCUT2D eigenvalue weighted by atomic mass is 9.86. The largest absolute Gasteiger partial charge is 0.312 e. The molecule has 1 amide bonds. The Morgan fingerprint density at radius 3 is 2.82 bits per heavy atom. The van der Waals surface area contributed by atoms with Crippen LogP contribution in [0.4, 0.5) is 5.82 Å². The topological polar surface area (TPSA) is 64.0 Å². The molecule has 0 aliphatic carbocycles. The van der Waals surface area contributed by atoms with Crippen molar-refractivity contribution in [1.82, 2.24) is 9.55 Å². The summed E-state index contributed by atoms with van der Waals surface area (Å²) in [4.78, 5) is 28.7. The van der Waals surface area contributed by atoms with Gasteiger partial charge in [-0.25, -0.2) is 0 Å². The lowest BCUT2D eigenvalue weighted by Gasteiger charge is -2.27. The SMILES string of the molecule is CSc1nc(=O)c2c(n1C)NC(=O)CC2c1cccc(C)c1. The van der Waals surface area contributed by atoms with Gasteiger partial charge in [-0.2, -0.15) is 4.98 Å². The van der Waals surface area contributed by atoms with Crippen LogP contribution in [0.5, 0.6) is 0 Å². The Hall–Kier alpha value is -2.08. The number of aromatic nitrogens is 2. The highest BCUT2D eigenvalue weighted by Gasteiger charge is 2.31. The van der Waals surface area contributed by atoms with Crippen molar-refractivity contribution in [2.24, 2.45) is 7.05 Å². The lowest BCUT2D eigenvalue weighted by molar-refractivity contribution is -0.116. The Kier molecular flexibility index (Phi) is 3.78. The molecule has 1 atom stereocenters. The van der Waals surface area contributed by atoms with Gasteiger partial charge in [0.1, 0.15) is 5.82 Å². The van der Waals surface area contributed by atoms with Crippen LogP contribution in [-0.4, -0.2) is 21.7 Å². The first-order chi connectivity index (χ1) is 10.5. The van der Waals surface area contributed by atoms with E-state index in [1.165, 1.54) is 11.8 Å². The van der Waals surface area contributed by atoms with Gasteiger partial charge in [-0.05, 0) is 18.7 Å². The summed E-state index contributed by atoms with van der Waals surface area (Å²) in [6, 6.07) is 7.93. The average Bonchev–Trinajstić information content (AvgIpc) is 2.50. The smallest absolute Gasteiger partial charge is 0.279 e. The second-order valence-corrected chi connectivity index (χ2v) is 6.22. The average molecular weight is 315 g/mol. The Morgan fingerprint density at radius 1 is 1.36 bits per heavy atom. The van der Waals surface area contributed by atoms with Crippen LogP contribution in [-0.2, 0) is 11.8 Å². The van der Waals surface area contributed by atoms with Crippen molar-refractivity contribution in [3.63, 3.8) is 0 Å². The summed E-state index contributed by atoms with van der Waals surface area (Å²) in [5.74, 6) is 0.241. The molecule has 0 bridgehead atoms. The molecule has 1 N–H and O–H groups in total. The minimum Gasteiger partial charge on any atom is -0.312 e. The van der Waals surface area contributed by atoms with Crippen molar-refractivity contribution in [3.8, 4) is 0 Å². The van der Waals surface area contributed by atoms with E-state index in [1.54, 1.807) is 4.57 Å². The number of anilines is 1. The quantitative estimate of drug-likeness (QED) is 0.682. The lowest BCUT2D eigenvalue weighted by Crippen LogP contribution is -2.33. The fourth-order valence-corrected chi connectivity index (χ4v) is 3.43. The van der Waals surface area contributed by atoms with Gasteiger partial charge in [0.15, 0.2) is 5.16 Å². The van der Waals surface area contributed by atoms with Gasteiger partial charge in [0, 0.05) is 19.4 Å². The van der Waals surface area contributed by atoms with Crippen molar-refractivity contribution in [1.29, 1.82) is 0 Å². The number of rotatable bonds is 2. The zero-order valence-corrected chi connectivity index (χ0v) is 13.5. The van der Waals surface area contributed by atoms with Crippen LogP contribution in [0.15, 0.2) is 34.2 Å². The third-order valence-corrected chi connectivity index (χ3v) is 4.66. The first-order valence-electron chi connectivity index (χ1n) is 7.02. The Balaban J connectivity index is 2.24. The summed E-state index contributed by atoms with van der Waals surface area (Å²) in [5, 5.41) is 3.42. The molecule has 5 nitrogen and oxygen atoms in total. The van der Waals surface area contributed by atoms with Crippen molar-refractivity contribution >= 4 is 23.5 Å². The molecule has 3 rings (SSSR count). The van der Waals surface area contributed by atoms with Crippen molar-refractivity contribution in [2.45, 2.75) is 24.4 Å². The zero-order valence-electron chi connectivity index (χ0n) is 12.7. The summed E-state index contributed by atoms with van der Waals surface area (Å²) in [7, 11) is 1.82. The van der Waals surface area contributed by atoms with Crippen molar-refractivity contribution in [2.75, 3.05) is 11.6 Å². The van der Waals surface area contributed by atoms with E-state index in [1.807, 2.05) is 44.5 Å². The summed E-state index contributed by atoms with van der Waals surface area (Å²) >= 11 is 1.38. The molecule has 1 aromatic heterocycles. The summed E-state index contributed by atoms with van der Waals surface area (Å²) < 4.78 is 1.78. The van der Waals surface area contributed by atoms with Gasteiger partial charge in [0.25, 0.3) is 5.56 Å². The molecule has 1 unspecified atom stereocenters. The minimum atomic E-state index is -0.260. The van der Waals surface area contributed by atoms with Crippen LogP contribution in [0.25, 0.3) is 0 Å². The van der Waals surface area contributed by atoms with Gasteiger partial charge in [-0.1, -0.05) is 41.6 Å². The molecule has 6 heteroatoms. The van der Waals surface area contributed by atoms with Gasteiger partial charge in [-0.3, -0.25) is 9.59 Å². The number of hydrogen-bond donors (Lipinski definition) is 1. The number of amides is 1. The minimum absolute atomic E-state index is 0.0766. The molecule has 0 saturated heterocycles. The van der Waals surface area contributed by atoms with E-state index >= 15 is 0 Å². The van der Waals surface area contributed by atoms with Gasteiger partial charge >= 0.3 is 0 Å². The number of fused-ring (bicyclic) bond motifs is 1. The van der Waals surface area contributed by atoms with Crippen LogP contribution in [0.2, 0.25) is 0 Å². The number of hydrogen-bond acceptors (Lipinski definition) is 4. The Morgan fingerprint density at radius 2 is 2.14 bits per heavy atom. The molecule has 1 aliphatic heterocycles. The molecule has 0 saturated carbocycles. The van der Waals surface area contributed by atoms with E-state index in [4.69, 9.17) is 0 Å². The number of carbonyl (C=O) groups is 1. The highest BCUT2D eigenvalue weighted by atomic mass is 32.2. The summed E-state index contributed by atoms with van der Waals surface area (Å²) in [6.45, 7) is 2.00. The van der Waals surface area contributed by atoms with Gasteiger partial charge in [0.2, 0.25) is 5.91 Å². The predicted octanol–water partition coefficient (Wildman–Crippen LogP) is 2.28. The second-order valence-electron chi connectivity index (χ2n) is 5.44. The predicted molar refractivity (Wildman–Crippen MR) is 87.5 cm³/mol. The van der Waals surface area contributed by atoms with E-state index < -0.39 is 0 Å². The fourth-order valence-electron chi connectivity index (χ4n) is 2.89. The van der Waals surface area contributed by atoms with Crippen LogP contribution >= 0.6 is 11.8 Å². The third kappa shape index (κ3) is 2.43. The molecular formula is C16H17N3O2S. The van der Waals surface area contributed by atoms with Gasteiger partial charge in [-0.15, -0.1) is 0 Å². The van der Waals surface area contributed by atoms with Crippen molar-refractivity contribution in [3.05, 3.63) is 51.3 Å². The molecule has 0 spiro atoms. The first-order valence-corrected chi connectivity index (χ1v) is 8.25. The number of nitrogens with one attached hydrogen (secondary N) is 1. The maximum absolute atomic E-state index is 12.5. The second kappa shape index (κ2) is 5.61. The maximum Gasteiger partial charge on any atom is 0.279 e. The van der Waals surface area contributed by atoms with Gasteiger partial charge < -0.3 is 9.88 Å². The maximum atomic E-state index is 12.5. The third-order valence-electron chi connectivity index (χ3n) is 3.93. The monoisotopic (exact) mass is 315 g/mol.